The van der Waals surface area contributed by atoms with Crippen LogP contribution in [0, 0.1) is 5.82 Å². The molecule has 0 atom stereocenters. The third-order valence-corrected chi connectivity index (χ3v) is 7.82. The largest absolute Gasteiger partial charge is 0.493 e. The van der Waals surface area contributed by atoms with Gasteiger partial charge in [0.25, 0.3) is 5.91 Å². The number of benzene rings is 4. The zero-order chi connectivity index (χ0) is 30.7. The molecule has 0 saturated heterocycles. The highest BCUT2D eigenvalue weighted by atomic mass is 32.1. The van der Waals surface area contributed by atoms with E-state index in [9.17, 15) is 9.18 Å². The highest BCUT2D eigenvalue weighted by molar-refractivity contribution is 7.09. The van der Waals surface area contributed by atoms with E-state index in [4.69, 9.17) is 14.2 Å². The fourth-order valence-corrected chi connectivity index (χ4v) is 5.45. The molecule has 4 aromatic carbocycles. The van der Waals surface area contributed by atoms with E-state index in [0.29, 0.717) is 42.6 Å². The Bertz CT molecular complexity index is 1640. The Kier molecular flexibility index (Phi) is 10.6. The predicted octanol–water partition coefficient (Wildman–Crippen LogP) is 7.38. The zero-order valence-corrected chi connectivity index (χ0v) is 25.5. The van der Waals surface area contributed by atoms with Gasteiger partial charge in [0, 0.05) is 24.2 Å². The molecule has 1 aromatic heterocycles. The highest BCUT2D eigenvalue weighted by Crippen LogP contribution is 2.28. The monoisotopic (exact) mass is 611 g/mol. The molecule has 1 heterocycles. The number of carbonyl (C=O) groups is 1. The van der Waals surface area contributed by atoms with Gasteiger partial charge in [-0.2, -0.15) is 0 Å². The van der Waals surface area contributed by atoms with E-state index in [-0.39, 0.29) is 11.7 Å². The third-order valence-electron chi connectivity index (χ3n) is 6.99. The number of anilines is 1. The Balaban J connectivity index is 1.26. The number of ether oxygens (including phenoxy) is 3. The summed E-state index contributed by atoms with van der Waals surface area (Å²) in [5.41, 5.74) is 4.21. The number of hydrogen-bond acceptors (Lipinski definition) is 7. The molecule has 0 fully saturated rings. The second-order valence-electron chi connectivity index (χ2n) is 10.2. The van der Waals surface area contributed by atoms with Crippen LogP contribution in [0.25, 0.3) is 0 Å². The average Bonchev–Trinajstić information content (AvgIpc) is 3.53. The minimum absolute atomic E-state index is 0.328. The molecule has 0 radical (unpaired) electrons. The molecular weight excluding hydrogens is 577 g/mol. The zero-order valence-electron chi connectivity index (χ0n) is 24.7. The van der Waals surface area contributed by atoms with Gasteiger partial charge in [0.15, 0.2) is 11.5 Å². The van der Waals surface area contributed by atoms with Crippen molar-refractivity contribution in [3.63, 3.8) is 0 Å². The van der Waals surface area contributed by atoms with Crippen LogP contribution in [-0.2, 0) is 26.1 Å². The maximum absolute atomic E-state index is 13.2. The summed E-state index contributed by atoms with van der Waals surface area (Å²) in [4.78, 5) is 19.7. The first-order chi connectivity index (χ1) is 21.5. The molecule has 9 heteroatoms. The maximum Gasteiger partial charge on any atom is 0.275 e. The number of aromatic nitrogens is 1. The summed E-state index contributed by atoms with van der Waals surface area (Å²) in [5, 5.41) is 5.35. The van der Waals surface area contributed by atoms with Gasteiger partial charge >= 0.3 is 0 Å². The van der Waals surface area contributed by atoms with Crippen molar-refractivity contribution >= 4 is 22.9 Å². The lowest BCUT2D eigenvalue weighted by molar-refractivity contribution is 0.102. The molecule has 0 spiro atoms. The van der Waals surface area contributed by atoms with E-state index in [0.717, 1.165) is 40.4 Å². The Morgan fingerprint density at radius 3 is 2.30 bits per heavy atom. The van der Waals surface area contributed by atoms with E-state index in [1.807, 2.05) is 60.7 Å². The molecule has 5 aromatic rings. The summed E-state index contributed by atoms with van der Waals surface area (Å²) in [6, 6.07) is 29.8. The Hall–Kier alpha value is -4.73. The lowest BCUT2D eigenvalue weighted by atomic mass is 10.1. The molecule has 1 amide bonds. The molecule has 5 rings (SSSR count). The van der Waals surface area contributed by atoms with E-state index < -0.39 is 0 Å². The summed E-state index contributed by atoms with van der Waals surface area (Å²) < 4.78 is 30.1. The highest BCUT2D eigenvalue weighted by Gasteiger charge is 2.15. The second kappa shape index (κ2) is 15.1. The molecule has 0 bridgehead atoms. The summed E-state index contributed by atoms with van der Waals surface area (Å²) in [7, 11) is 3.26. The SMILES string of the molecule is COc1ccc(CCN(Cc2ccc(OCc3ccccc3)cc2)Cc2nc(C(=O)Nc3ccc(F)cc3)cs2)cc1OC. The van der Waals surface area contributed by atoms with Crippen molar-refractivity contribution in [3.8, 4) is 17.2 Å². The minimum Gasteiger partial charge on any atom is -0.493 e. The van der Waals surface area contributed by atoms with Crippen LogP contribution in [0.15, 0.2) is 102 Å². The predicted molar refractivity (Wildman–Crippen MR) is 171 cm³/mol. The first-order valence-electron chi connectivity index (χ1n) is 14.2. The number of nitrogens with zero attached hydrogens (tertiary/aromatic N) is 2. The summed E-state index contributed by atoms with van der Waals surface area (Å²) in [5.74, 6) is 1.51. The van der Waals surface area contributed by atoms with Crippen LogP contribution >= 0.6 is 11.3 Å². The van der Waals surface area contributed by atoms with E-state index in [1.54, 1.807) is 19.6 Å². The minimum atomic E-state index is -0.360. The number of amides is 1. The summed E-state index contributed by atoms with van der Waals surface area (Å²) >= 11 is 1.44. The van der Waals surface area contributed by atoms with Crippen LogP contribution in [0.5, 0.6) is 17.2 Å². The molecule has 0 aliphatic carbocycles. The quantitative estimate of drug-likeness (QED) is 0.141. The summed E-state index contributed by atoms with van der Waals surface area (Å²) in [6.07, 6.45) is 0.780. The van der Waals surface area contributed by atoms with Crippen molar-refractivity contribution in [1.82, 2.24) is 9.88 Å². The molecular formula is C35H34FN3O4S. The van der Waals surface area contributed by atoms with Gasteiger partial charge in [0.1, 0.15) is 28.9 Å². The number of carbonyl (C=O) groups excluding carboxylic acids is 1. The lowest BCUT2D eigenvalue weighted by Gasteiger charge is -2.22. The molecule has 0 aliphatic heterocycles. The standard InChI is InChI=1S/C35H34FN3O4S/c1-41-32-17-10-25(20-33(32)42-2)18-19-39(21-26-8-15-30(16-9-26)43-23-27-6-4-3-5-7-27)22-34-38-31(24-44-34)35(40)37-29-13-11-28(36)12-14-29/h3-17,20,24H,18-19,21-23H2,1-2H3,(H,37,40). The number of nitrogens with one attached hydrogen (secondary N) is 1. The number of rotatable bonds is 14. The Morgan fingerprint density at radius 1 is 0.841 bits per heavy atom. The van der Waals surface area contributed by atoms with Crippen LogP contribution < -0.4 is 19.5 Å². The topological polar surface area (TPSA) is 72.9 Å². The number of hydrogen-bond donors (Lipinski definition) is 1. The average molecular weight is 612 g/mol. The molecule has 0 unspecified atom stereocenters. The van der Waals surface area contributed by atoms with Gasteiger partial charge < -0.3 is 19.5 Å². The fourth-order valence-electron chi connectivity index (χ4n) is 4.63. The van der Waals surface area contributed by atoms with Crippen molar-refractivity contribution in [1.29, 1.82) is 0 Å². The van der Waals surface area contributed by atoms with Gasteiger partial charge in [-0.25, -0.2) is 9.37 Å². The molecule has 1 N–H and O–H groups in total. The number of thiazole rings is 1. The van der Waals surface area contributed by atoms with E-state index >= 15 is 0 Å². The first kappa shape index (κ1) is 30.7. The van der Waals surface area contributed by atoms with Crippen molar-refractivity contribution in [2.45, 2.75) is 26.1 Å². The van der Waals surface area contributed by atoms with Crippen molar-refractivity contribution < 1.29 is 23.4 Å². The number of halogens is 1. The Labute approximate surface area is 260 Å². The van der Waals surface area contributed by atoms with Crippen LogP contribution in [-0.4, -0.2) is 36.6 Å². The van der Waals surface area contributed by atoms with Crippen molar-refractivity contribution in [2.24, 2.45) is 0 Å². The van der Waals surface area contributed by atoms with Gasteiger partial charge in [0.05, 0.1) is 20.8 Å². The van der Waals surface area contributed by atoms with Gasteiger partial charge in [-0.05, 0) is 71.6 Å². The second-order valence-corrected chi connectivity index (χ2v) is 11.1. The first-order valence-corrected chi connectivity index (χ1v) is 15.1. The Morgan fingerprint density at radius 2 is 1.57 bits per heavy atom. The van der Waals surface area contributed by atoms with Gasteiger partial charge in [0.2, 0.25) is 0 Å². The van der Waals surface area contributed by atoms with Crippen LogP contribution in [0.4, 0.5) is 10.1 Å². The fraction of sp³-hybridized carbons (Fsp3) is 0.200. The normalized spacial score (nSPS) is 10.9. The van der Waals surface area contributed by atoms with Crippen LogP contribution in [0.2, 0.25) is 0 Å². The third kappa shape index (κ3) is 8.65. The van der Waals surface area contributed by atoms with Crippen molar-refractivity contribution in [2.75, 3.05) is 26.1 Å². The molecule has 0 aliphatic rings. The smallest absolute Gasteiger partial charge is 0.275 e. The van der Waals surface area contributed by atoms with Gasteiger partial charge in [-0.3, -0.25) is 9.69 Å². The van der Waals surface area contributed by atoms with Gasteiger partial charge in [-0.1, -0.05) is 48.5 Å². The van der Waals surface area contributed by atoms with E-state index in [2.05, 4.69) is 27.3 Å². The summed E-state index contributed by atoms with van der Waals surface area (Å²) in [6.45, 7) is 2.51. The maximum atomic E-state index is 13.2. The van der Waals surface area contributed by atoms with Crippen molar-refractivity contribution in [3.05, 3.63) is 136 Å². The van der Waals surface area contributed by atoms with E-state index in [1.165, 1.54) is 35.6 Å². The lowest BCUT2D eigenvalue weighted by Crippen LogP contribution is -2.25. The molecule has 226 valence electrons. The number of methoxy groups -OCH3 is 2. The molecule has 7 nitrogen and oxygen atoms in total. The molecule has 44 heavy (non-hydrogen) atoms. The van der Waals surface area contributed by atoms with Crippen LogP contribution in [0.3, 0.4) is 0 Å². The molecule has 0 saturated carbocycles. The van der Waals surface area contributed by atoms with Crippen LogP contribution in [0.1, 0.15) is 32.2 Å². The van der Waals surface area contributed by atoms with Gasteiger partial charge in [-0.15, -0.1) is 11.3 Å².